The molecule has 5 unspecified atom stereocenters. The van der Waals surface area contributed by atoms with E-state index in [9.17, 15) is 5.11 Å². The average Bonchev–Trinajstić information content (AvgIpc) is 3.08. The first-order valence-corrected chi connectivity index (χ1v) is 9.09. The Morgan fingerprint density at radius 2 is 1.71 bits per heavy atom. The van der Waals surface area contributed by atoms with Gasteiger partial charge in [0.25, 0.3) is 0 Å². The highest BCUT2D eigenvalue weighted by Gasteiger charge is 2.61. The minimum atomic E-state index is -0.498. The van der Waals surface area contributed by atoms with E-state index in [2.05, 4.69) is 24.3 Å². The van der Waals surface area contributed by atoms with E-state index in [4.69, 9.17) is 0 Å². The van der Waals surface area contributed by atoms with Crippen LogP contribution in [0.1, 0.15) is 68.4 Å². The Kier molecular flexibility index (Phi) is 2.63. The van der Waals surface area contributed by atoms with Gasteiger partial charge in [-0.1, -0.05) is 37.1 Å². The fourth-order valence-electron chi connectivity index (χ4n) is 6.39. The van der Waals surface area contributed by atoms with Gasteiger partial charge in [-0.15, -0.1) is 0 Å². The number of rotatable bonds is 2. The van der Waals surface area contributed by atoms with Crippen molar-refractivity contribution < 1.29 is 5.11 Å². The van der Waals surface area contributed by atoms with Crippen LogP contribution in [0, 0.1) is 23.7 Å². The molecular formula is C20H26O. The van der Waals surface area contributed by atoms with Gasteiger partial charge in [0.2, 0.25) is 0 Å². The zero-order chi connectivity index (χ0) is 14.0. The second-order valence-corrected chi connectivity index (χ2v) is 8.20. The van der Waals surface area contributed by atoms with Gasteiger partial charge in [0.15, 0.2) is 0 Å². The van der Waals surface area contributed by atoms with Gasteiger partial charge in [0.05, 0.1) is 5.60 Å². The molecule has 0 aromatic heterocycles. The van der Waals surface area contributed by atoms with E-state index in [1.54, 1.807) is 0 Å². The quantitative estimate of drug-likeness (QED) is 0.840. The van der Waals surface area contributed by atoms with E-state index >= 15 is 0 Å². The van der Waals surface area contributed by atoms with Crippen LogP contribution in [0.15, 0.2) is 24.3 Å². The van der Waals surface area contributed by atoms with Crippen LogP contribution in [0.5, 0.6) is 0 Å². The van der Waals surface area contributed by atoms with Crippen LogP contribution in [0.4, 0.5) is 0 Å². The molecule has 4 aliphatic rings. The Balaban J connectivity index is 1.56. The van der Waals surface area contributed by atoms with Crippen LogP contribution in [0.3, 0.4) is 0 Å². The Hall–Kier alpha value is -0.820. The highest BCUT2D eigenvalue weighted by molar-refractivity contribution is 5.38. The lowest BCUT2D eigenvalue weighted by Crippen LogP contribution is -2.40. The molecule has 1 nitrogen and oxygen atoms in total. The summed E-state index contributed by atoms with van der Waals surface area (Å²) >= 11 is 0. The topological polar surface area (TPSA) is 20.2 Å². The Morgan fingerprint density at radius 3 is 2.52 bits per heavy atom. The summed E-state index contributed by atoms with van der Waals surface area (Å²) in [4.78, 5) is 0. The molecule has 0 spiro atoms. The van der Waals surface area contributed by atoms with Crippen LogP contribution in [0.2, 0.25) is 0 Å². The van der Waals surface area contributed by atoms with Crippen molar-refractivity contribution in [1.29, 1.82) is 0 Å². The molecule has 0 radical (unpaired) electrons. The summed E-state index contributed by atoms with van der Waals surface area (Å²) in [5.41, 5.74) is 2.29. The molecule has 0 heterocycles. The molecular weight excluding hydrogens is 256 g/mol. The highest BCUT2D eigenvalue weighted by atomic mass is 16.3. The zero-order valence-electron chi connectivity index (χ0n) is 12.8. The minimum Gasteiger partial charge on any atom is -0.385 e. The normalized spacial score (nSPS) is 44.8. The lowest BCUT2D eigenvalue weighted by molar-refractivity contribution is -0.0523. The summed E-state index contributed by atoms with van der Waals surface area (Å²) in [6.07, 6.45) is 10.6. The Labute approximate surface area is 127 Å². The first kappa shape index (κ1) is 12.7. The molecule has 4 aliphatic carbocycles. The molecule has 4 fully saturated rings. The maximum Gasteiger partial charge on any atom is 0.0932 e. The third kappa shape index (κ3) is 1.62. The van der Waals surface area contributed by atoms with E-state index in [1.807, 2.05) is 0 Å². The van der Waals surface area contributed by atoms with Crippen LogP contribution in [0.25, 0.3) is 0 Å². The molecule has 0 amide bonds. The van der Waals surface area contributed by atoms with Gasteiger partial charge in [0, 0.05) is 0 Å². The summed E-state index contributed by atoms with van der Waals surface area (Å²) in [6.45, 7) is 0. The van der Waals surface area contributed by atoms with Crippen LogP contribution < -0.4 is 0 Å². The zero-order valence-corrected chi connectivity index (χ0v) is 12.8. The molecule has 2 bridgehead atoms. The third-order valence-corrected chi connectivity index (χ3v) is 7.46. The van der Waals surface area contributed by atoms with Gasteiger partial charge in [-0.25, -0.2) is 0 Å². The van der Waals surface area contributed by atoms with E-state index < -0.39 is 5.60 Å². The lowest BCUT2D eigenvalue weighted by Gasteiger charge is -2.42. The van der Waals surface area contributed by atoms with E-state index in [0.717, 1.165) is 30.1 Å². The van der Waals surface area contributed by atoms with Crippen molar-refractivity contribution in [2.45, 2.75) is 62.9 Å². The summed E-state index contributed by atoms with van der Waals surface area (Å²) in [6, 6.07) is 8.87. The Morgan fingerprint density at radius 1 is 0.952 bits per heavy atom. The molecule has 21 heavy (non-hydrogen) atoms. The van der Waals surface area contributed by atoms with E-state index in [1.165, 1.54) is 56.1 Å². The standard InChI is InChI=1S/C20H26O/c21-20(12-14-11-19(20)17-9-4-8-15(14)17)18-10-2-1-7-16(18)13-5-3-6-13/h1-2,7,10,13-15,17,19,21H,3-6,8-9,11-12H2. The fraction of sp³-hybridized carbons (Fsp3) is 0.700. The first-order valence-electron chi connectivity index (χ1n) is 9.09. The molecule has 1 heteroatoms. The van der Waals surface area contributed by atoms with Crippen molar-refractivity contribution in [3.8, 4) is 0 Å². The van der Waals surface area contributed by atoms with E-state index in [-0.39, 0.29) is 0 Å². The number of fused-ring (bicyclic) bond motifs is 5. The number of hydrogen-bond acceptors (Lipinski definition) is 1. The predicted molar refractivity (Wildman–Crippen MR) is 84.0 cm³/mol. The van der Waals surface area contributed by atoms with Gasteiger partial charge in [-0.3, -0.25) is 0 Å². The number of aliphatic hydroxyl groups is 1. The maximum absolute atomic E-state index is 11.6. The molecule has 1 N–H and O–H groups in total. The molecule has 5 rings (SSSR count). The molecule has 0 aliphatic heterocycles. The fourth-order valence-corrected chi connectivity index (χ4v) is 6.39. The average molecular weight is 282 g/mol. The summed E-state index contributed by atoms with van der Waals surface area (Å²) in [7, 11) is 0. The maximum atomic E-state index is 11.6. The highest BCUT2D eigenvalue weighted by Crippen LogP contribution is 2.65. The molecule has 4 saturated carbocycles. The van der Waals surface area contributed by atoms with Crippen molar-refractivity contribution in [2.24, 2.45) is 23.7 Å². The van der Waals surface area contributed by atoms with Gasteiger partial charge in [0.1, 0.15) is 0 Å². The van der Waals surface area contributed by atoms with Crippen LogP contribution in [-0.2, 0) is 5.60 Å². The summed E-state index contributed by atoms with van der Waals surface area (Å²) in [5.74, 6) is 3.86. The van der Waals surface area contributed by atoms with Crippen molar-refractivity contribution in [3.05, 3.63) is 35.4 Å². The molecule has 1 aromatic carbocycles. The second-order valence-electron chi connectivity index (χ2n) is 8.20. The van der Waals surface area contributed by atoms with Crippen molar-refractivity contribution >= 4 is 0 Å². The predicted octanol–water partition coefficient (Wildman–Crippen LogP) is 4.60. The molecule has 0 saturated heterocycles. The van der Waals surface area contributed by atoms with E-state index in [0.29, 0.717) is 5.92 Å². The third-order valence-electron chi connectivity index (χ3n) is 7.46. The van der Waals surface area contributed by atoms with Crippen molar-refractivity contribution in [3.63, 3.8) is 0 Å². The van der Waals surface area contributed by atoms with Crippen LogP contribution >= 0.6 is 0 Å². The Bertz CT molecular complexity index is 561. The monoisotopic (exact) mass is 282 g/mol. The van der Waals surface area contributed by atoms with Gasteiger partial charge in [-0.2, -0.15) is 0 Å². The SMILES string of the molecule is OC1(c2ccccc2C2CCC2)CC2CC1C1CCCC21. The van der Waals surface area contributed by atoms with Gasteiger partial charge in [-0.05, 0) is 79.2 Å². The minimum absolute atomic E-state index is 0.498. The molecule has 1 aromatic rings. The van der Waals surface area contributed by atoms with Gasteiger partial charge < -0.3 is 5.11 Å². The molecule has 112 valence electrons. The number of benzene rings is 1. The summed E-state index contributed by atoms with van der Waals surface area (Å²) < 4.78 is 0. The van der Waals surface area contributed by atoms with Crippen molar-refractivity contribution in [2.75, 3.05) is 0 Å². The van der Waals surface area contributed by atoms with Crippen LogP contribution in [-0.4, -0.2) is 5.11 Å². The summed E-state index contributed by atoms with van der Waals surface area (Å²) in [5, 5.41) is 11.6. The molecule has 5 atom stereocenters. The van der Waals surface area contributed by atoms with Gasteiger partial charge >= 0.3 is 0 Å². The number of hydrogen-bond donors (Lipinski definition) is 1. The first-order chi connectivity index (χ1) is 10.3. The second kappa shape index (κ2) is 4.35. The largest absolute Gasteiger partial charge is 0.385 e. The lowest BCUT2D eigenvalue weighted by atomic mass is 9.67. The van der Waals surface area contributed by atoms with Crippen molar-refractivity contribution in [1.82, 2.24) is 0 Å². The smallest absolute Gasteiger partial charge is 0.0932 e.